The number of nitrogens with zero attached hydrogens (tertiary/aromatic N) is 1. The summed E-state index contributed by atoms with van der Waals surface area (Å²) in [5.41, 5.74) is 1.56. The van der Waals surface area contributed by atoms with Gasteiger partial charge in [-0.25, -0.2) is 13.4 Å². The lowest BCUT2D eigenvalue weighted by Crippen LogP contribution is -2.26. The molecule has 1 saturated heterocycles. The van der Waals surface area contributed by atoms with Crippen molar-refractivity contribution in [1.29, 1.82) is 0 Å². The number of pyridine rings is 1. The monoisotopic (exact) mass is 393 g/mol. The summed E-state index contributed by atoms with van der Waals surface area (Å²) in [5, 5.41) is 6.64. The van der Waals surface area contributed by atoms with Crippen LogP contribution in [0.1, 0.15) is 22.3 Å². The van der Waals surface area contributed by atoms with E-state index in [2.05, 4.69) is 15.6 Å². The molecule has 8 heteroatoms. The molecule has 0 aliphatic carbocycles. The lowest BCUT2D eigenvalue weighted by Gasteiger charge is -2.11. The van der Waals surface area contributed by atoms with Gasteiger partial charge in [-0.15, -0.1) is 0 Å². The summed E-state index contributed by atoms with van der Waals surface area (Å²) in [7, 11) is -2.93. The van der Waals surface area contributed by atoms with Crippen molar-refractivity contribution in [1.82, 2.24) is 10.3 Å². The molecule has 1 aromatic heterocycles. The molecule has 1 aromatic carbocycles. The SMILES string of the molecule is O=C(NCCc1ccc(Cl)cc1)c1ccc(NC2CCS(=O)(=O)C2)nc1. The first-order chi connectivity index (χ1) is 12.4. The Morgan fingerprint density at radius 3 is 2.58 bits per heavy atom. The topological polar surface area (TPSA) is 88.2 Å². The normalized spacial score (nSPS) is 18.4. The van der Waals surface area contributed by atoms with Crippen LogP contribution in [0.25, 0.3) is 0 Å². The molecular formula is C18H20ClN3O3S. The van der Waals surface area contributed by atoms with Gasteiger partial charge in [0.2, 0.25) is 0 Å². The van der Waals surface area contributed by atoms with Crippen molar-refractivity contribution in [2.24, 2.45) is 0 Å². The third kappa shape index (κ3) is 5.19. The molecule has 1 aliphatic rings. The summed E-state index contributed by atoms with van der Waals surface area (Å²) < 4.78 is 22.9. The van der Waals surface area contributed by atoms with Crippen LogP contribution in [-0.2, 0) is 16.3 Å². The van der Waals surface area contributed by atoms with Crippen LogP contribution in [0.2, 0.25) is 5.02 Å². The lowest BCUT2D eigenvalue weighted by molar-refractivity contribution is 0.0954. The molecular weight excluding hydrogens is 374 g/mol. The molecule has 2 heterocycles. The van der Waals surface area contributed by atoms with E-state index in [1.165, 1.54) is 6.20 Å². The lowest BCUT2D eigenvalue weighted by atomic mass is 10.1. The molecule has 0 bridgehead atoms. The van der Waals surface area contributed by atoms with Gasteiger partial charge in [-0.3, -0.25) is 4.79 Å². The largest absolute Gasteiger partial charge is 0.366 e. The molecule has 2 N–H and O–H groups in total. The van der Waals surface area contributed by atoms with Gasteiger partial charge in [0.1, 0.15) is 5.82 Å². The molecule has 1 amide bonds. The van der Waals surface area contributed by atoms with Crippen LogP contribution in [0, 0.1) is 0 Å². The number of amides is 1. The number of halogens is 1. The second-order valence-electron chi connectivity index (χ2n) is 6.31. The van der Waals surface area contributed by atoms with Crippen molar-refractivity contribution in [3.63, 3.8) is 0 Å². The first-order valence-corrected chi connectivity index (χ1v) is 10.6. The minimum atomic E-state index is -2.93. The predicted molar refractivity (Wildman–Crippen MR) is 102 cm³/mol. The van der Waals surface area contributed by atoms with E-state index in [-0.39, 0.29) is 23.5 Å². The molecule has 0 radical (unpaired) electrons. The van der Waals surface area contributed by atoms with Crippen LogP contribution < -0.4 is 10.6 Å². The van der Waals surface area contributed by atoms with Crippen molar-refractivity contribution in [2.45, 2.75) is 18.9 Å². The molecule has 1 aliphatic heterocycles. The number of carbonyl (C=O) groups excluding carboxylic acids is 1. The van der Waals surface area contributed by atoms with E-state index in [4.69, 9.17) is 11.6 Å². The van der Waals surface area contributed by atoms with Gasteiger partial charge >= 0.3 is 0 Å². The van der Waals surface area contributed by atoms with Crippen LogP contribution in [-0.4, -0.2) is 43.4 Å². The molecule has 1 fully saturated rings. The van der Waals surface area contributed by atoms with Gasteiger partial charge in [-0.2, -0.15) is 0 Å². The van der Waals surface area contributed by atoms with Crippen molar-refractivity contribution in [3.8, 4) is 0 Å². The number of rotatable bonds is 6. The van der Waals surface area contributed by atoms with Crippen LogP contribution in [0.4, 0.5) is 5.82 Å². The summed E-state index contributed by atoms with van der Waals surface area (Å²) in [4.78, 5) is 16.4. The van der Waals surface area contributed by atoms with E-state index in [0.717, 1.165) is 5.56 Å². The Labute approximate surface area is 157 Å². The van der Waals surface area contributed by atoms with Crippen LogP contribution >= 0.6 is 11.6 Å². The van der Waals surface area contributed by atoms with E-state index in [1.807, 2.05) is 24.3 Å². The number of anilines is 1. The van der Waals surface area contributed by atoms with Crippen molar-refractivity contribution < 1.29 is 13.2 Å². The second kappa shape index (κ2) is 8.05. The number of hydrogen-bond acceptors (Lipinski definition) is 5. The molecule has 26 heavy (non-hydrogen) atoms. The zero-order chi connectivity index (χ0) is 18.6. The highest BCUT2D eigenvalue weighted by atomic mass is 35.5. The van der Waals surface area contributed by atoms with Crippen molar-refractivity contribution in [2.75, 3.05) is 23.4 Å². The zero-order valence-electron chi connectivity index (χ0n) is 14.1. The van der Waals surface area contributed by atoms with E-state index in [1.54, 1.807) is 12.1 Å². The van der Waals surface area contributed by atoms with E-state index in [0.29, 0.717) is 35.8 Å². The third-order valence-electron chi connectivity index (χ3n) is 4.22. The highest BCUT2D eigenvalue weighted by Gasteiger charge is 2.27. The summed E-state index contributed by atoms with van der Waals surface area (Å²) in [6.45, 7) is 0.514. The summed E-state index contributed by atoms with van der Waals surface area (Å²) in [5.74, 6) is 0.715. The molecule has 138 valence electrons. The zero-order valence-corrected chi connectivity index (χ0v) is 15.7. The molecule has 6 nitrogen and oxygen atoms in total. The van der Waals surface area contributed by atoms with Crippen molar-refractivity contribution in [3.05, 3.63) is 58.7 Å². The molecule has 1 atom stereocenters. The Morgan fingerprint density at radius 1 is 1.19 bits per heavy atom. The second-order valence-corrected chi connectivity index (χ2v) is 8.97. The van der Waals surface area contributed by atoms with E-state index in [9.17, 15) is 13.2 Å². The number of nitrogens with one attached hydrogen (secondary N) is 2. The quantitative estimate of drug-likeness (QED) is 0.786. The van der Waals surface area contributed by atoms with Gasteiger partial charge in [0, 0.05) is 23.8 Å². The smallest absolute Gasteiger partial charge is 0.252 e. The highest BCUT2D eigenvalue weighted by molar-refractivity contribution is 7.91. The fourth-order valence-electron chi connectivity index (χ4n) is 2.81. The first-order valence-electron chi connectivity index (χ1n) is 8.37. The van der Waals surface area contributed by atoms with Gasteiger partial charge < -0.3 is 10.6 Å². The van der Waals surface area contributed by atoms with Crippen LogP contribution in [0.3, 0.4) is 0 Å². The van der Waals surface area contributed by atoms with Crippen molar-refractivity contribution >= 4 is 33.2 Å². The molecule has 0 spiro atoms. The Morgan fingerprint density at radius 2 is 1.96 bits per heavy atom. The predicted octanol–water partition coefficient (Wildman–Crippen LogP) is 2.31. The summed E-state index contributed by atoms with van der Waals surface area (Å²) in [6, 6.07) is 10.8. The fraction of sp³-hybridized carbons (Fsp3) is 0.333. The standard InChI is InChI=1S/C18H20ClN3O3S/c19-15-4-1-13(2-5-15)7-9-20-18(23)14-3-6-17(21-11-14)22-16-8-10-26(24,25)12-16/h1-6,11,16H,7-10,12H2,(H,20,23)(H,21,22). The molecule has 0 saturated carbocycles. The van der Waals surface area contributed by atoms with Gasteiger partial charge in [0.15, 0.2) is 9.84 Å². The van der Waals surface area contributed by atoms with Gasteiger partial charge in [-0.05, 0) is 42.7 Å². The Kier molecular flexibility index (Phi) is 5.78. The molecule has 1 unspecified atom stereocenters. The first kappa shape index (κ1) is 18.7. The minimum Gasteiger partial charge on any atom is -0.366 e. The average Bonchev–Trinajstić information content (AvgIpc) is 2.96. The Hall–Kier alpha value is -2.12. The van der Waals surface area contributed by atoms with E-state index >= 15 is 0 Å². The Balaban J connectivity index is 1.48. The fourth-order valence-corrected chi connectivity index (χ4v) is 4.60. The number of hydrogen-bond donors (Lipinski definition) is 2. The minimum absolute atomic E-state index is 0.119. The number of benzene rings is 1. The highest BCUT2D eigenvalue weighted by Crippen LogP contribution is 2.16. The van der Waals surface area contributed by atoms with Gasteiger partial charge in [-0.1, -0.05) is 23.7 Å². The third-order valence-corrected chi connectivity index (χ3v) is 6.24. The molecule has 2 aromatic rings. The Bertz CT molecular complexity index is 868. The maximum absolute atomic E-state index is 12.2. The summed E-state index contributed by atoms with van der Waals surface area (Å²) in [6.07, 6.45) is 2.78. The maximum atomic E-state index is 12.2. The number of carbonyl (C=O) groups is 1. The van der Waals surface area contributed by atoms with E-state index < -0.39 is 9.84 Å². The summed E-state index contributed by atoms with van der Waals surface area (Å²) >= 11 is 5.84. The van der Waals surface area contributed by atoms with Gasteiger partial charge in [0.25, 0.3) is 5.91 Å². The number of sulfone groups is 1. The maximum Gasteiger partial charge on any atom is 0.252 e. The number of aromatic nitrogens is 1. The van der Waals surface area contributed by atoms with Crippen LogP contribution in [0.5, 0.6) is 0 Å². The van der Waals surface area contributed by atoms with Gasteiger partial charge in [0.05, 0.1) is 17.1 Å². The van der Waals surface area contributed by atoms with Crippen LogP contribution in [0.15, 0.2) is 42.6 Å². The molecule has 3 rings (SSSR count). The average molecular weight is 394 g/mol.